The van der Waals surface area contributed by atoms with E-state index in [0.29, 0.717) is 31.4 Å². The highest BCUT2D eigenvalue weighted by molar-refractivity contribution is 5.80. The Bertz CT molecular complexity index is 774. The third-order valence-electron chi connectivity index (χ3n) is 5.62. The Balaban J connectivity index is 1.40. The largest absolute Gasteiger partial charge is 0.444 e. The summed E-state index contributed by atoms with van der Waals surface area (Å²) < 4.78 is 19.4. The Hall–Kier alpha value is -2.58. The van der Waals surface area contributed by atoms with Crippen LogP contribution in [0.3, 0.4) is 0 Å². The first-order valence-corrected chi connectivity index (χ1v) is 11.1. The van der Waals surface area contributed by atoms with Crippen LogP contribution in [0, 0.1) is 11.7 Å². The maximum absolute atomic E-state index is 14.0. The third kappa shape index (κ3) is 6.70. The number of rotatable bonds is 4. The molecule has 0 spiro atoms. The number of carbonyl (C=O) groups is 1. The summed E-state index contributed by atoms with van der Waals surface area (Å²) in [6, 6.07) is 3.23. The normalized spacial score (nSPS) is 20.7. The number of aromatic nitrogens is 1. The van der Waals surface area contributed by atoms with Gasteiger partial charge < -0.3 is 25.2 Å². The van der Waals surface area contributed by atoms with Gasteiger partial charge in [0.1, 0.15) is 5.60 Å². The van der Waals surface area contributed by atoms with Crippen molar-refractivity contribution in [2.75, 3.05) is 44.7 Å². The SMILES string of the molecule is CN=C(NCC1CCN(C(=O)OC(C)(C)C)CC1)NC1CCN(c2ncccc2F)C1. The summed E-state index contributed by atoms with van der Waals surface area (Å²) in [5, 5.41) is 6.85. The van der Waals surface area contributed by atoms with Crippen LogP contribution in [0.2, 0.25) is 0 Å². The lowest BCUT2D eigenvalue weighted by atomic mass is 9.97. The molecule has 2 N–H and O–H groups in total. The van der Waals surface area contributed by atoms with Crippen molar-refractivity contribution in [2.45, 2.75) is 51.7 Å². The quantitative estimate of drug-likeness (QED) is 0.560. The number of guanidine groups is 1. The molecule has 1 aromatic rings. The van der Waals surface area contributed by atoms with Crippen LogP contribution in [0.5, 0.6) is 0 Å². The molecule has 2 aliphatic rings. The molecule has 1 unspecified atom stereocenters. The second-order valence-electron chi connectivity index (χ2n) is 9.25. The second kappa shape index (κ2) is 10.2. The molecule has 3 heterocycles. The van der Waals surface area contributed by atoms with E-state index in [2.05, 4.69) is 20.6 Å². The highest BCUT2D eigenvalue weighted by Gasteiger charge is 2.28. The van der Waals surface area contributed by atoms with Gasteiger partial charge in [0.05, 0.1) is 0 Å². The first-order valence-electron chi connectivity index (χ1n) is 11.1. The van der Waals surface area contributed by atoms with E-state index in [1.807, 2.05) is 25.7 Å². The van der Waals surface area contributed by atoms with E-state index in [1.54, 1.807) is 24.2 Å². The minimum absolute atomic E-state index is 0.182. The van der Waals surface area contributed by atoms with Crippen molar-refractivity contribution in [3.05, 3.63) is 24.1 Å². The number of halogens is 1. The van der Waals surface area contributed by atoms with Gasteiger partial charge in [-0.3, -0.25) is 4.99 Å². The Morgan fingerprint density at radius 1 is 1.29 bits per heavy atom. The molecule has 0 radical (unpaired) electrons. The summed E-state index contributed by atoms with van der Waals surface area (Å²) in [6.07, 6.45) is 4.14. The van der Waals surface area contributed by atoms with Gasteiger partial charge >= 0.3 is 6.09 Å². The minimum atomic E-state index is -0.466. The molecule has 0 saturated carbocycles. The summed E-state index contributed by atoms with van der Waals surface area (Å²) in [6.45, 7) is 9.31. The van der Waals surface area contributed by atoms with Crippen LogP contribution in [-0.4, -0.2) is 73.4 Å². The molecule has 1 atom stereocenters. The van der Waals surface area contributed by atoms with Gasteiger partial charge in [-0.2, -0.15) is 0 Å². The van der Waals surface area contributed by atoms with Gasteiger partial charge in [-0.1, -0.05) is 0 Å². The molecule has 0 aromatic carbocycles. The Labute approximate surface area is 184 Å². The summed E-state index contributed by atoms with van der Waals surface area (Å²) >= 11 is 0. The highest BCUT2D eigenvalue weighted by Crippen LogP contribution is 2.21. The van der Waals surface area contributed by atoms with E-state index in [-0.39, 0.29) is 18.0 Å². The van der Waals surface area contributed by atoms with Gasteiger partial charge in [0, 0.05) is 52.0 Å². The van der Waals surface area contributed by atoms with Crippen molar-refractivity contribution in [3.8, 4) is 0 Å². The average molecular weight is 435 g/mol. The molecule has 8 nitrogen and oxygen atoms in total. The number of ether oxygens (including phenoxy) is 1. The second-order valence-corrected chi connectivity index (χ2v) is 9.25. The Morgan fingerprint density at radius 2 is 2.03 bits per heavy atom. The number of pyridine rings is 1. The van der Waals surface area contributed by atoms with Gasteiger partial charge in [0.15, 0.2) is 17.6 Å². The van der Waals surface area contributed by atoms with Crippen molar-refractivity contribution in [1.29, 1.82) is 0 Å². The van der Waals surface area contributed by atoms with Gasteiger partial charge in [-0.15, -0.1) is 0 Å². The van der Waals surface area contributed by atoms with E-state index in [4.69, 9.17) is 4.74 Å². The maximum atomic E-state index is 14.0. The molecule has 1 amide bonds. The number of aliphatic imine (C=N–C) groups is 1. The van der Waals surface area contributed by atoms with Crippen LogP contribution in [0.1, 0.15) is 40.0 Å². The molecule has 3 rings (SSSR count). The lowest BCUT2D eigenvalue weighted by Gasteiger charge is -2.33. The number of hydrogen-bond donors (Lipinski definition) is 2. The fraction of sp³-hybridized carbons (Fsp3) is 0.682. The van der Waals surface area contributed by atoms with E-state index < -0.39 is 5.60 Å². The third-order valence-corrected chi connectivity index (χ3v) is 5.62. The zero-order valence-electron chi connectivity index (χ0n) is 19.0. The number of likely N-dealkylation sites (tertiary alicyclic amines) is 1. The molecule has 172 valence electrons. The molecule has 0 aliphatic carbocycles. The zero-order valence-corrected chi connectivity index (χ0v) is 19.0. The summed E-state index contributed by atoms with van der Waals surface area (Å²) in [5.74, 6) is 1.35. The lowest BCUT2D eigenvalue weighted by molar-refractivity contribution is 0.0185. The monoisotopic (exact) mass is 434 g/mol. The van der Waals surface area contributed by atoms with Crippen LogP contribution < -0.4 is 15.5 Å². The molecule has 31 heavy (non-hydrogen) atoms. The molecular formula is C22H35FN6O2. The van der Waals surface area contributed by atoms with Crippen LogP contribution >= 0.6 is 0 Å². The van der Waals surface area contributed by atoms with E-state index in [1.165, 1.54) is 6.07 Å². The van der Waals surface area contributed by atoms with Gasteiger partial charge in [0.2, 0.25) is 0 Å². The Morgan fingerprint density at radius 3 is 2.68 bits per heavy atom. The van der Waals surface area contributed by atoms with Crippen molar-refractivity contribution < 1.29 is 13.9 Å². The number of nitrogens with one attached hydrogen (secondary N) is 2. The van der Waals surface area contributed by atoms with Crippen LogP contribution in [0.4, 0.5) is 15.0 Å². The van der Waals surface area contributed by atoms with E-state index in [0.717, 1.165) is 38.3 Å². The van der Waals surface area contributed by atoms with Crippen molar-refractivity contribution in [1.82, 2.24) is 20.5 Å². The van der Waals surface area contributed by atoms with E-state index >= 15 is 0 Å². The number of hydrogen-bond acceptors (Lipinski definition) is 5. The van der Waals surface area contributed by atoms with Gasteiger partial charge in [0.25, 0.3) is 0 Å². The predicted molar refractivity (Wildman–Crippen MR) is 120 cm³/mol. The lowest BCUT2D eigenvalue weighted by Crippen LogP contribution is -2.48. The van der Waals surface area contributed by atoms with Crippen LogP contribution in [0.25, 0.3) is 0 Å². The molecule has 2 aliphatic heterocycles. The predicted octanol–water partition coefficient (Wildman–Crippen LogP) is 2.61. The fourth-order valence-electron chi connectivity index (χ4n) is 3.96. The number of nitrogens with zero attached hydrogens (tertiary/aromatic N) is 4. The van der Waals surface area contributed by atoms with Gasteiger partial charge in [-0.05, 0) is 58.1 Å². The number of amides is 1. The topological polar surface area (TPSA) is 82.1 Å². The summed E-state index contributed by atoms with van der Waals surface area (Å²) in [5.41, 5.74) is -0.466. The maximum Gasteiger partial charge on any atom is 0.410 e. The van der Waals surface area contributed by atoms with Crippen LogP contribution in [0.15, 0.2) is 23.3 Å². The van der Waals surface area contributed by atoms with Crippen molar-refractivity contribution in [2.24, 2.45) is 10.9 Å². The highest BCUT2D eigenvalue weighted by atomic mass is 19.1. The zero-order chi connectivity index (χ0) is 22.4. The first-order chi connectivity index (χ1) is 14.7. The molecule has 9 heteroatoms. The molecule has 2 saturated heterocycles. The fourth-order valence-corrected chi connectivity index (χ4v) is 3.96. The van der Waals surface area contributed by atoms with E-state index in [9.17, 15) is 9.18 Å². The minimum Gasteiger partial charge on any atom is -0.444 e. The van der Waals surface area contributed by atoms with Crippen LogP contribution in [-0.2, 0) is 4.74 Å². The van der Waals surface area contributed by atoms with Gasteiger partial charge in [-0.25, -0.2) is 14.2 Å². The number of carbonyl (C=O) groups excluding carboxylic acids is 1. The average Bonchev–Trinajstić information content (AvgIpc) is 3.19. The Kier molecular flexibility index (Phi) is 7.56. The van der Waals surface area contributed by atoms with Crippen molar-refractivity contribution in [3.63, 3.8) is 0 Å². The number of piperidine rings is 1. The summed E-state index contributed by atoms with van der Waals surface area (Å²) in [7, 11) is 1.76. The molecule has 0 bridgehead atoms. The number of anilines is 1. The van der Waals surface area contributed by atoms with Crippen molar-refractivity contribution >= 4 is 17.9 Å². The molecule has 1 aromatic heterocycles. The summed E-state index contributed by atoms with van der Waals surface area (Å²) in [4.78, 5) is 24.5. The molecule has 2 fully saturated rings. The first kappa shape index (κ1) is 23.1. The molecular weight excluding hydrogens is 399 g/mol. The standard InChI is InChI=1S/C22H35FN6O2/c1-22(2,3)31-21(30)28-11-7-16(8-12-28)14-26-20(24-4)27-17-9-13-29(15-17)19-18(23)6-5-10-25-19/h5-6,10,16-17H,7-9,11-15H2,1-4H3,(H2,24,26,27). The smallest absolute Gasteiger partial charge is 0.410 e.